The summed E-state index contributed by atoms with van der Waals surface area (Å²) >= 11 is 23.8. The Morgan fingerprint density at radius 1 is 1.15 bits per heavy atom. The molecule has 0 aliphatic heterocycles. The highest BCUT2D eigenvalue weighted by Crippen LogP contribution is 2.46. The van der Waals surface area contributed by atoms with Crippen LogP contribution >= 0.6 is 46.4 Å². The van der Waals surface area contributed by atoms with Gasteiger partial charge in [-0.1, -0.05) is 34.8 Å². The van der Waals surface area contributed by atoms with Crippen LogP contribution in [0.5, 0.6) is 5.75 Å². The SMILES string of the molecule is NC1=C(Cl)C=CC(O)(c2cc(O)c(Cl)c(N)c2Cl)C1Cl. The van der Waals surface area contributed by atoms with Crippen molar-refractivity contribution in [1.82, 2.24) is 0 Å². The largest absolute Gasteiger partial charge is 0.506 e. The monoisotopic (exact) mass is 354 g/mol. The molecule has 6 N–H and O–H groups in total. The number of nitrogen functional groups attached to an aromatic ring is 1. The Labute approximate surface area is 135 Å². The van der Waals surface area contributed by atoms with Crippen LogP contribution in [0, 0.1) is 0 Å². The van der Waals surface area contributed by atoms with E-state index in [1.807, 2.05) is 0 Å². The van der Waals surface area contributed by atoms with Crippen LogP contribution in [0.2, 0.25) is 10.0 Å². The van der Waals surface area contributed by atoms with Gasteiger partial charge in [0.2, 0.25) is 0 Å². The number of aromatic hydroxyl groups is 1. The molecule has 8 heteroatoms. The Bertz CT molecular complexity index is 645. The fourth-order valence-electron chi connectivity index (χ4n) is 1.90. The van der Waals surface area contributed by atoms with E-state index < -0.39 is 11.0 Å². The smallest absolute Gasteiger partial charge is 0.136 e. The normalized spacial score (nSPS) is 26.1. The van der Waals surface area contributed by atoms with Gasteiger partial charge in [-0.15, -0.1) is 11.6 Å². The zero-order valence-electron chi connectivity index (χ0n) is 9.87. The minimum atomic E-state index is -1.77. The van der Waals surface area contributed by atoms with Gasteiger partial charge in [-0.3, -0.25) is 0 Å². The highest BCUT2D eigenvalue weighted by molar-refractivity contribution is 6.40. The molecule has 0 fully saturated rings. The molecule has 0 bridgehead atoms. The number of rotatable bonds is 1. The van der Waals surface area contributed by atoms with Gasteiger partial charge in [-0.2, -0.15) is 0 Å². The number of nitrogens with two attached hydrogens (primary N) is 2. The minimum Gasteiger partial charge on any atom is -0.506 e. The van der Waals surface area contributed by atoms with Crippen molar-refractivity contribution in [3.05, 3.63) is 44.6 Å². The van der Waals surface area contributed by atoms with Crippen LogP contribution in [0.3, 0.4) is 0 Å². The van der Waals surface area contributed by atoms with Gasteiger partial charge in [0, 0.05) is 11.3 Å². The molecular formula is C12H10Cl4N2O2. The molecule has 108 valence electrons. The average Bonchev–Trinajstić information content (AvgIpc) is 2.42. The second kappa shape index (κ2) is 5.20. The lowest BCUT2D eigenvalue weighted by atomic mass is 9.85. The summed E-state index contributed by atoms with van der Waals surface area (Å²) in [5, 5.41) is 19.5. The average molecular weight is 356 g/mol. The van der Waals surface area contributed by atoms with Crippen LogP contribution in [0.4, 0.5) is 5.69 Å². The van der Waals surface area contributed by atoms with E-state index >= 15 is 0 Å². The highest BCUT2D eigenvalue weighted by atomic mass is 35.5. The number of hydrogen-bond donors (Lipinski definition) is 4. The molecule has 4 nitrogen and oxygen atoms in total. The van der Waals surface area contributed by atoms with Crippen LogP contribution in [0.1, 0.15) is 5.56 Å². The summed E-state index contributed by atoms with van der Waals surface area (Å²) in [5.74, 6) is -0.325. The first-order chi connectivity index (χ1) is 9.20. The lowest BCUT2D eigenvalue weighted by molar-refractivity contribution is 0.0914. The topological polar surface area (TPSA) is 92.5 Å². The standard InChI is InChI=1S/C12H10Cl4N2O2/c13-5-1-2-12(20,11(16)9(5)17)4-3-6(19)8(15)10(18)7(4)14/h1-3,11,19-20H,17-18H2. The highest BCUT2D eigenvalue weighted by Gasteiger charge is 2.42. The summed E-state index contributed by atoms with van der Waals surface area (Å²) in [6, 6.07) is 1.19. The zero-order chi connectivity index (χ0) is 15.2. The van der Waals surface area contributed by atoms with Crippen LogP contribution in [-0.4, -0.2) is 15.6 Å². The molecule has 0 amide bonds. The summed E-state index contributed by atoms with van der Waals surface area (Å²) in [5.41, 5.74) is 9.76. The Kier molecular flexibility index (Phi) is 4.06. The lowest BCUT2D eigenvalue weighted by Gasteiger charge is -2.34. The van der Waals surface area contributed by atoms with Gasteiger partial charge in [-0.05, 0) is 18.2 Å². The van der Waals surface area contributed by atoms with Crippen molar-refractivity contribution >= 4 is 52.1 Å². The number of aliphatic hydroxyl groups is 1. The van der Waals surface area contributed by atoms with Gasteiger partial charge >= 0.3 is 0 Å². The maximum atomic E-state index is 10.7. The Morgan fingerprint density at radius 2 is 1.75 bits per heavy atom. The van der Waals surface area contributed by atoms with E-state index in [0.29, 0.717) is 0 Å². The van der Waals surface area contributed by atoms with E-state index in [1.54, 1.807) is 0 Å². The lowest BCUT2D eigenvalue weighted by Crippen LogP contribution is -2.40. The van der Waals surface area contributed by atoms with E-state index in [1.165, 1.54) is 18.2 Å². The maximum absolute atomic E-state index is 10.7. The maximum Gasteiger partial charge on any atom is 0.136 e. The van der Waals surface area contributed by atoms with Gasteiger partial charge in [0.05, 0.1) is 15.7 Å². The van der Waals surface area contributed by atoms with E-state index in [9.17, 15) is 10.2 Å². The molecule has 0 radical (unpaired) electrons. The summed E-state index contributed by atoms with van der Waals surface area (Å²) in [7, 11) is 0. The van der Waals surface area contributed by atoms with Gasteiger partial charge in [-0.25, -0.2) is 0 Å². The van der Waals surface area contributed by atoms with Crippen molar-refractivity contribution in [3.63, 3.8) is 0 Å². The molecule has 2 rings (SSSR count). The molecule has 2 atom stereocenters. The van der Waals surface area contributed by atoms with Crippen LogP contribution < -0.4 is 11.5 Å². The number of phenolic OH excluding ortho intramolecular Hbond substituents is 1. The number of benzene rings is 1. The molecule has 20 heavy (non-hydrogen) atoms. The summed E-state index contributed by atoms with van der Waals surface area (Å²) < 4.78 is 0. The fourth-order valence-corrected chi connectivity index (χ4v) is 2.93. The van der Waals surface area contributed by atoms with E-state index in [-0.39, 0.29) is 37.8 Å². The van der Waals surface area contributed by atoms with Gasteiger partial charge in [0.1, 0.15) is 21.8 Å². The van der Waals surface area contributed by atoms with Crippen molar-refractivity contribution < 1.29 is 10.2 Å². The first kappa shape index (κ1) is 15.6. The van der Waals surface area contributed by atoms with Crippen molar-refractivity contribution in [1.29, 1.82) is 0 Å². The number of phenols is 1. The second-order valence-electron chi connectivity index (χ2n) is 4.31. The Hall–Kier alpha value is -0.780. The number of halogens is 4. The third-order valence-corrected chi connectivity index (χ3v) is 4.78. The molecule has 1 aliphatic carbocycles. The van der Waals surface area contributed by atoms with Crippen molar-refractivity contribution in [3.8, 4) is 5.75 Å². The number of alkyl halides is 1. The molecule has 1 aliphatic rings. The summed E-state index contributed by atoms with van der Waals surface area (Å²) in [6.07, 6.45) is 2.73. The quantitative estimate of drug-likeness (QED) is 0.460. The van der Waals surface area contributed by atoms with Crippen molar-refractivity contribution in [2.24, 2.45) is 5.73 Å². The minimum absolute atomic E-state index is 0.0172. The molecule has 1 aromatic carbocycles. The van der Waals surface area contributed by atoms with Crippen LogP contribution in [0.15, 0.2) is 28.9 Å². The molecule has 0 aromatic heterocycles. The Balaban J connectivity index is 2.67. The third kappa shape index (κ3) is 2.22. The molecular weight excluding hydrogens is 346 g/mol. The number of hydrogen-bond acceptors (Lipinski definition) is 4. The molecule has 0 saturated heterocycles. The Morgan fingerprint density at radius 3 is 2.35 bits per heavy atom. The van der Waals surface area contributed by atoms with Crippen molar-refractivity contribution in [2.45, 2.75) is 11.0 Å². The molecule has 0 spiro atoms. The molecule has 2 unspecified atom stereocenters. The number of anilines is 1. The van der Waals surface area contributed by atoms with Crippen LogP contribution in [-0.2, 0) is 5.60 Å². The first-order valence-electron chi connectivity index (χ1n) is 5.38. The van der Waals surface area contributed by atoms with E-state index in [4.69, 9.17) is 57.9 Å². The second-order valence-corrected chi connectivity index (χ2v) is 5.91. The van der Waals surface area contributed by atoms with Gasteiger partial charge in [0.15, 0.2) is 0 Å². The van der Waals surface area contributed by atoms with Gasteiger partial charge < -0.3 is 21.7 Å². The third-order valence-electron chi connectivity index (χ3n) is 3.07. The van der Waals surface area contributed by atoms with E-state index in [2.05, 4.69) is 0 Å². The molecule has 0 saturated carbocycles. The van der Waals surface area contributed by atoms with Crippen molar-refractivity contribution in [2.75, 3.05) is 5.73 Å². The fraction of sp³-hybridized carbons (Fsp3) is 0.167. The molecule has 0 heterocycles. The first-order valence-corrected chi connectivity index (χ1v) is 6.95. The van der Waals surface area contributed by atoms with E-state index in [0.717, 1.165) is 0 Å². The predicted molar refractivity (Wildman–Crippen MR) is 82.3 cm³/mol. The predicted octanol–water partition coefficient (Wildman–Crippen LogP) is 3.06. The molecule has 1 aromatic rings. The zero-order valence-corrected chi connectivity index (χ0v) is 12.9. The van der Waals surface area contributed by atoms with Crippen LogP contribution in [0.25, 0.3) is 0 Å². The number of allylic oxidation sites excluding steroid dienone is 2. The van der Waals surface area contributed by atoms with Gasteiger partial charge in [0.25, 0.3) is 0 Å². The summed E-state index contributed by atoms with van der Waals surface area (Å²) in [6.45, 7) is 0. The summed E-state index contributed by atoms with van der Waals surface area (Å²) in [4.78, 5) is 0.